The third-order valence-electron chi connectivity index (χ3n) is 6.21. The van der Waals surface area contributed by atoms with Crippen molar-refractivity contribution in [3.05, 3.63) is 54.5 Å². The topological polar surface area (TPSA) is 65.3 Å². The van der Waals surface area contributed by atoms with Crippen LogP contribution in [-0.4, -0.2) is 75.9 Å². The van der Waals surface area contributed by atoms with Gasteiger partial charge < -0.3 is 24.7 Å². The van der Waals surface area contributed by atoms with E-state index in [4.69, 9.17) is 14.1 Å². The molecule has 2 aliphatic heterocycles. The molecule has 2 fully saturated rings. The quantitative estimate of drug-likeness (QED) is 0.356. The molecule has 0 bridgehead atoms. The number of guanidine groups is 1. The Hall–Kier alpha value is -2.51. The zero-order valence-electron chi connectivity index (χ0n) is 19.0. The first-order valence-electron chi connectivity index (χ1n) is 12.0. The zero-order chi connectivity index (χ0) is 21.8. The number of nitrogens with zero attached hydrogens (tertiary/aromatic N) is 3. The summed E-state index contributed by atoms with van der Waals surface area (Å²) in [6, 6.07) is 15.1. The van der Waals surface area contributed by atoms with E-state index in [1.165, 1.54) is 5.69 Å². The fraction of sp³-hybridized carbons (Fsp3) is 0.560. The van der Waals surface area contributed by atoms with Crippen LogP contribution < -0.4 is 15.5 Å². The second-order valence-corrected chi connectivity index (χ2v) is 8.54. The molecule has 0 atom stereocenters. The Morgan fingerprint density at radius 1 is 1.00 bits per heavy atom. The van der Waals surface area contributed by atoms with E-state index >= 15 is 0 Å². The van der Waals surface area contributed by atoms with Gasteiger partial charge in [0.05, 0.1) is 19.5 Å². The highest BCUT2D eigenvalue weighted by Crippen LogP contribution is 2.19. The SMILES string of the molecule is c1ccc(N2CCC(NC(=NCCCN3CCOCC3)NCCc3ccco3)CC2)cc1. The van der Waals surface area contributed by atoms with Crippen LogP contribution in [0.15, 0.2) is 58.1 Å². The molecule has 0 aliphatic carbocycles. The minimum atomic E-state index is 0.448. The average molecular weight is 440 g/mol. The number of hydrogen-bond donors (Lipinski definition) is 2. The molecule has 2 aliphatic rings. The van der Waals surface area contributed by atoms with Gasteiger partial charge in [0.1, 0.15) is 5.76 Å². The maximum atomic E-state index is 5.46. The van der Waals surface area contributed by atoms with Gasteiger partial charge in [0.25, 0.3) is 0 Å². The third-order valence-corrected chi connectivity index (χ3v) is 6.21. The Kier molecular flexibility index (Phi) is 8.86. The normalized spacial score (nSPS) is 18.6. The van der Waals surface area contributed by atoms with Gasteiger partial charge in [-0.3, -0.25) is 9.89 Å². The summed E-state index contributed by atoms with van der Waals surface area (Å²) < 4.78 is 10.9. The third kappa shape index (κ3) is 7.28. The van der Waals surface area contributed by atoms with Crippen molar-refractivity contribution >= 4 is 11.6 Å². The summed E-state index contributed by atoms with van der Waals surface area (Å²) in [5.74, 6) is 1.93. The first kappa shape index (κ1) is 22.7. The van der Waals surface area contributed by atoms with Gasteiger partial charge in [-0.15, -0.1) is 0 Å². The number of para-hydroxylation sites is 1. The highest BCUT2D eigenvalue weighted by molar-refractivity contribution is 5.80. The molecule has 0 unspecified atom stereocenters. The van der Waals surface area contributed by atoms with E-state index in [9.17, 15) is 0 Å². The van der Waals surface area contributed by atoms with Crippen LogP contribution in [0.5, 0.6) is 0 Å². The van der Waals surface area contributed by atoms with E-state index in [0.29, 0.717) is 6.04 Å². The summed E-state index contributed by atoms with van der Waals surface area (Å²) in [6.45, 7) is 8.64. The van der Waals surface area contributed by atoms with Crippen LogP contribution >= 0.6 is 0 Å². The van der Waals surface area contributed by atoms with Crippen LogP contribution in [0.4, 0.5) is 5.69 Å². The highest BCUT2D eigenvalue weighted by Gasteiger charge is 2.20. The number of benzene rings is 1. The molecule has 7 heteroatoms. The minimum Gasteiger partial charge on any atom is -0.469 e. The first-order valence-corrected chi connectivity index (χ1v) is 12.0. The molecule has 0 saturated carbocycles. The number of aliphatic imine (C=N–C) groups is 1. The van der Waals surface area contributed by atoms with Gasteiger partial charge in [0, 0.05) is 64.0 Å². The molecule has 0 spiro atoms. The van der Waals surface area contributed by atoms with E-state index in [1.54, 1.807) is 6.26 Å². The summed E-state index contributed by atoms with van der Waals surface area (Å²) in [5, 5.41) is 7.21. The number of rotatable bonds is 9. The summed E-state index contributed by atoms with van der Waals surface area (Å²) >= 11 is 0. The molecule has 0 radical (unpaired) electrons. The predicted molar refractivity (Wildman–Crippen MR) is 129 cm³/mol. The summed E-state index contributed by atoms with van der Waals surface area (Å²) in [5.41, 5.74) is 1.32. The molecule has 0 amide bonds. The van der Waals surface area contributed by atoms with Gasteiger partial charge in [-0.25, -0.2) is 0 Å². The molecular weight excluding hydrogens is 402 g/mol. The molecule has 2 saturated heterocycles. The number of furan rings is 1. The number of nitrogens with one attached hydrogen (secondary N) is 2. The monoisotopic (exact) mass is 439 g/mol. The zero-order valence-corrected chi connectivity index (χ0v) is 19.0. The summed E-state index contributed by atoms with van der Waals surface area (Å²) in [4.78, 5) is 9.83. The number of ether oxygens (including phenoxy) is 1. The largest absolute Gasteiger partial charge is 0.469 e. The Labute approximate surface area is 191 Å². The lowest BCUT2D eigenvalue weighted by Gasteiger charge is -2.34. The van der Waals surface area contributed by atoms with Gasteiger partial charge in [0.15, 0.2) is 5.96 Å². The molecule has 3 heterocycles. The number of anilines is 1. The lowest BCUT2D eigenvalue weighted by molar-refractivity contribution is 0.0377. The van der Waals surface area contributed by atoms with E-state index in [2.05, 4.69) is 50.8 Å². The summed E-state index contributed by atoms with van der Waals surface area (Å²) in [7, 11) is 0. The van der Waals surface area contributed by atoms with Crippen molar-refractivity contribution in [2.24, 2.45) is 4.99 Å². The van der Waals surface area contributed by atoms with E-state index in [-0.39, 0.29) is 0 Å². The second kappa shape index (κ2) is 12.5. The van der Waals surface area contributed by atoms with Crippen molar-refractivity contribution in [3.8, 4) is 0 Å². The molecule has 2 aromatic rings. The molecule has 7 nitrogen and oxygen atoms in total. The fourth-order valence-electron chi connectivity index (χ4n) is 4.34. The first-order chi connectivity index (χ1) is 15.9. The van der Waals surface area contributed by atoms with Crippen LogP contribution in [0.1, 0.15) is 25.0 Å². The molecule has 4 rings (SSSR count). The van der Waals surface area contributed by atoms with Gasteiger partial charge >= 0.3 is 0 Å². The molecule has 1 aromatic heterocycles. The van der Waals surface area contributed by atoms with Crippen LogP contribution in [-0.2, 0) is 11.2 Å². The van der Waals surface area contributed by atoms with Crippen molar-refractivity contribution in [1.82, 2.24) is 15.5 Å². The second-order valence-electron chi connectivity index (χ2n) is 8.54. The maximum absolute atomic E-state index is 5.46. The van der Waals surface area contributed by atoms with Crippen LogP contribution in [0.25, 0.3) is 0 Å². The summed E-state index contributed by atoms with van der Waals surface area (Å²) in [6.07, 6.45) is 5.88. The lowest BCUT2D eigenvalue weighted by atomic mass is 10.0. The van der Waals surface area contributed by atoms with E-state index < -0.39 is 0 Å². The fourth-order valence-corrected chi connectivity index (χ4v) is 4.34. The van der Waals surface area contributed by atoms with Gasteiger partial charge in [-0.05, 0) is 43.5 Å². The van der Waals surface area contributed by atoms with Crippen molar-refractivity contribution in [3.63, 3.8) is 0 Å². The van der Waals surface area contributed by atoms with E-state index in [1.807, 2.05) is 12.1 Å². The van der Waals surface area contributed by atoms with Gasteiger partial charge in [-0.2, -0.15) is 0 Å². The predicted octanol–water partition coefficient (Wildman–Crippen LogP) is 2.75. The van der Waals surface area contributed by atoms with Crippen LogP contribution in [0, 0.1) is 0 Å². The Morgan fingerprint density at radius 3 is 2.56 bits per heavy atom. The maximum Gasteiger partial charge on any atom is 0.191 e. The Balaban J connectivity index is 1.24. The Morgan fingerprint density at radius 2 is 1.81 bits per heavy atom. The van der Waals surface area contributed by atoms with Gasteiger partial charge in [0.2, 0.25) is 0 Å². The minimum absolute atomic E-state index is 0.448. The van der Waals surface area contributed by atoms with Crippen molar-refractivity contribution in [2.45, 2.75) is 31.7 Å². The Bertz CT molecular complexity index is 782. The van der Waals surface area contributed by atoms with Crippen molar-refractivity contribution in [2.75, 3.05) is 63.9 Å². The van der Waals surface area contributed by atoms with Gasteiger partial charge in [-0.1, -0.05) is 18.2 Å². The van der Waals surface area contributed by atoms with Crippen molar-refractivity contribution < 1.29 is 9.15 Å². The molecule has 32 heavy (non-hydrogen) atoms. The molecule has 2 N–H and O–H groups in total. The smallest absolute Gasteiger partial charge is 0.191 e. The lowest BCUT2D eigenvalue weighted by Crippen LogP contribution is -2.49. The highest BCUT2D eigenvalue weighted by atomic mass is 16.5. The van der Waals surface area contributed by atoms with E-state index in [0.717, 1.165) is 96.4 Å². The van der Waals surface area contributed by atoms with Crippen LogP contribution in [0.3, 0.4) is 0 Å². The molecule has 1 aromatic carbocycles. The molecular formula is C25H37N5O2. The number of piperidine rings is 1. The average Bonchev–Trinajstić information content (AvgIpc) is 3.37. The number of morpholine rings is 1. The van der Waals surface area contributed by atoms with Crippen molar-refractivity contribution in [1.29, 1.82) is 0 Å². The molecule has 174 valence electrons. The standard InChI is InChI=1S/C25H37N5O2/c1-2-6-23(7-3-1)30-15-10-22(11-16-30)28-25(27-13-9-24-8-4-19-32-24)26-12-5-14-29-17-20-31-21-18-29/h1-4,6-8,19,22H,5,9-18,20-21H2,(H2,26,27,28). The number of hydrogen-bond acceptors (Lipinski definition) is 5. The van der Waals surface area contributed by atoms with Crippen LogP contribution in [0.2, 0.25) is 0 Å².